The molecule has 5 heterocycles. The molecule has 0 radical (unpaired) electrons. The monoisotopic (exact) mass is 589 g/mol. The van der Waals surface area contributed by atoms with Gasteiger partial charge in [0.2, 0.25) is 5.91 Å². The molecule has 2 aromatic carbocycles. The lowest BCUT2D eigenvalue weighted by atomic mass is 9.75. The first-order valence-corrected chi connectivity index (χ1v) is 14.8. The predicted molar refractivity (Wildman–Crippen MR) is 163 cm³/mol. The summed E-state index contributed by atoms with van der Waals surface area (Å²) in [7, 11) is -1.75. The van der Waals surface area contributed by atoms with Crippen molar-refractivity contribution in [2.24, 2.45) is 5.92 Å². The average Bonchev–Trinajstić information content (AvgIpc) is 3.48. The summed E-state index contributed by atoms with van der Waals surface area (Å²) in [6.07, 6.45) is 2.91. The molecule has 6 bridgehead atoms. The highest BCUT2D eigenvalue weighted by Gasteiger charge is 2.30. The standard InChI is InChI=1S/C32H40BN3O7/c1-21(2)19-30(33(40)41)36-32(39)28-20-23-7-12-25(13-8-23)43-18-4-3-17-42-24-10-5-22(6-11-24)9-16-29(37)26-14-15-27(34-26)31(38)35-28/h5-8,10-15,21,28,30,34,40-41H,3-4,9,16-20H2,1-2H3,(H,35,38)(H,36,39)/t28-,30-/m0/s1. The summed E-state index contributed by atoms with van der Waals surface area (Å²) in [5.74, 6) is -0.602. The van der Waals surface area contributed by atoms with E-state index in [2.05, 4.69) is 15.6 Å². The van der Waals surface area contributed by atoms with Gasteiger partial charge in [-0.05, 0) is 79.1 Å². The number of hydrogen-bond acceptors (Lipinski definition) is 7. The van der Waals surface area contributed by atoms with E-state index in [1.807, 2.05) is 62.4 Å². The minimum Gasteiger partial charge on any atom is -0.494 e. The number of carbonyl (C=O) groups is 3. The van der Waals surface area contributed by atoms with Crippen LogP contribution in [0.2, 0.25) is 0 Å². The third-order valence-corrected chi connectivity index (χ3v) is 7.27. The summed E-state index contributed by atoms with van der Waals surface area (Å²) in [5, 5.41) is 25.1. The lowest BCUT2D eigenvalue weighted by Crippen LogP contribution is -2.55. The summed E-state index contributed by atoms with van der Waals surface area (Å²) >= 11 is 0. The maximum atomic E-state index is 13.4. The second kappa shape index (κ2) is 15.4. The molecule has 10 nitrogen and oxygen atoms in total. The van der Waals surface area contributed by atoms with Gasteiger partial charge in [-0.25, -0.2) is 0 Å². The van der Waals surface area contributed by atoms with E-state index in [-0.39, 0.29) is 30.2 Å². The first-order valence-electron chi connectivity index (χ1n) is 14.8. The molecule has 4 aliphatic heterocycles. The summed E-state index contributed by atoms with van der Waals surface area (Å²) in [5.41, 5.74) is 2.21. The zero-order chi connectivity index (χ0) is 30.8. The Bertz CT molecular complexity index is 1360. The van der Waals surface area contributed by atoms with Crippen LogP contribution in [0.3, 0.4) is 0 Å². The van der Waals surface area contributed by atoms with E-state index in [1.165, 1.54) is 6.07 Å². The van der Waals surface area contributed by atoms with Crippen LogP contribution >= 0.6 is 0 Å². The Labute approximate surface area is 252 Å². The van der Waals surface area contributed by atoms with Gasteiger partial charge in [-0.2, -0.15) is 0 Å². The zero-order valence-corrected chi connectivity index (χ0v) is 24.7. The van der Waals surface area contributed by atoms with Gasteiger partial charge >= 0.3 is 7.12 Å². The molecule has 7 rings (SSSR count). The molecule has 4 aliphatic rings. The van der Waals surface area contributed by atoms with Crippen molar-refractivity contribution in [2.75, 3.05) is 13.2 Å². The maximum absolute atomic E-state index is 13.4. The lowest BCUT2D eigenvalue weighted by Gasteiger charge is -2.24. The van der Waals surface area contributed by atoms with Gasteiger partial charge in [0.25, 0.3) is 5.91 Å². The van der Waals surface area contributed by atoms with Crippen LogP contribution in [0.15, 0.2) is 60.7 Å². The van der Waals surface area contributed by atoms with Crippen LogP contribution in [-0.4, -0.2) is 64.9 Å². The quantitative estimate of drug-likeness (QED) is 0.287. The second-order valence-electron chi connectivity index (χ2n) is 11.3. The van der Waals surface area contributed by atoms with Gasteiger partial charge in [-0.1, -0.05) is 38.1 Å². The van der Waals surface area contributed by atoms with E-state index in [0.29, 0.717) is 37.5 Å². The van der Waals surface area contributed by atoms with Crippen molar-refractivity contribution >= 4 is 24.7 Å². The smallest absolute Gasteiger partial charge is 0.475 e. The number of nitrogens with one attached hydrogen (secondary N) is 3. The molecular formula is C32H40BN3O7. The minimum absolute atomic E-state index is 0.0947. The Kier molecular flexibility index (Phi) is 11.4. The highest BCUT2D eigenvalue weighted by molar-refractivity contribution is 6.43. The van der Waals surface area contributed by atoms with Crippen molar-refractivity contribution < 1.29 is 33.9 Å². The molecular weight excluding hydrogens is 549 g/mol. The number of ketones is 1. The Morgan fingerprint density at radius 2 is 1.47 bits per heavy atom. The Balaban J connectivity index is 1.55. The topological polar surface area (TPSA) is 150 Å². The molecule has 0 unspecified atom stereocenters. The van der Waals surface area contributed by atoms with Crippen LogP contribution < -0.4 is 20.1 Å². The fourth-order valence-corrected chi connectivity index (χ4v) is 4.87. The van der Waals surface area contributed by atoms with E-state index in [0.717, 1.165) is 29.7 Å². The molecule has 0 aliphatic carbocycles. The number of ether oxygens (including phenoxy) is 2. The van der Waals surface area contributed by atoms with Crippen LogP contribution in [0, 0.1) is 5.92 Å². The third-order valence-electron chi connectivity index (χ3n) is 7.27. The molecule has 5 N–H and O–H groups in total. The molecule has 0 saturated carbocycles. The largest absolute Gasteiger partial charge is 0.494 e. The number of aromatic amines is 1. The van der Waals surface area contributed by atoms with Gasteiger partial charge in [-0.15, -0.1) is 0 Å². The molecule has 228 valence electrons. The SMILES string of the molecule is CC(C)C[C@H](NC(=O)[C@@H]1Cc2ccc(cc2)OCCCCOc2ccc(cc2)CCC(=O)c2ccc([nH]2)C(=O)N1)B(O)O. The Morgan fingerprint density at radius 3 is 2.05 bits per heavy atom. The van der Waals surface area contributed by atoms with Crippen molar-refractivity contribution in [2.45, 2.75) is 64.4 Å². The van der Waals surface area contributed by atoms with Gasteiger partial charge in [0.05, 0.1) is 24.8 Å². The van der Waals surface area contributed by atoms with Crippen molar-refractivity contribution in [3.05, 3.63) is 83.2 Å². The van der Waals surface area contributed by atoms with Crippen LogP contribution in [-0.2, 0) is 17.6 Å². The number of carbonyl (C=O) groups excluding carboxylic acids is 3. The summed E-state index contributed by atoms with van der Waals surface area (Å²) in [4.78, 5) is 42.4. The molecule has 2 amide bonds. The lowest BCUT2D eigenvalue weighted by molar-refractivity contribution is -0.123. The highest BCUT2D eigenvalue weighted by atomic mass is 16.5. The number of hydrogen-bond donors (Lipinski definition) is 5. The minimum atomic E-state index is -1.75. The van der Waals surface area contributed by atoms with Crippen molar-refractivity contribution in [1.29, 1.82) is 0 Å². The van der Waals surface area contributed by atoms with Crippen molar-refractivity contribution in [3.63, 3.8) is 0 Å². The summed E-state index contributed by atoms with van der Waals surface area (Å²) in [6, 6.07) is 17.0. The van der Waals surface area contributed by atoms with Gasteiger partial charge in [0.1, 0.15) is 23.2 Å². The Morgan fingerprint density at radius 1 is 0.884 bits per heavy atom. The number of benzene rings is 2. The molecule has 11 heteroatoms. The van der Waals surface area contributed by atoms with E-state index in [1.54, 1.807) is 6.07 Å². The number of amides is 2. The first kappa shape index (κ1) is 31.8. The summed E-state index contributed by atoms with van der Waals surface area (Å²) < 4.78 is 11.7. The molecule has 0 saturated heterocycles. The molecule has 1 aromatic heterocycles. The number of Topliss-reactive ketones (excluding diaryl/α,β-unsaturated/α-hetero) is 1. The van der Waals surface area contributed by atoms with Crippen LogP contribution in [0.25, 0.3) is 0 Å². The first-order chi connectivity index (χ1) is 20.7. The number of aromatic nitrogens is 1. The van der Waals surface area contributed by atoms with Crippen molar-refractivity contribution in [1.82, 2.24) is 15.6 Å². The number of rotatable bonds is 5. The van der Waals surface area contributed by atoms with Gasteiger partial charge < -0.3 is 35.1 Å². The van der Waals surface area contributed by atoms with E-state index in [4.69, 9.17) is 9.47 Å². The van der Waals surface area contributed by atoms with Gasteiger partial charge in [-0.3, -0.25) is 14.4 Å². The maximum Gasteiger partial charge on any atom is 0.475 e. The normalized spacial score (nSPS) is 17.4. The van der Waals surface area contributed by atoms with Crippen LogP contribution in [0.4, 0.5) is 0 Å². The predicted octanol–water partition coefficient (Wildman–Crippen LogP) is 3.27. The molecule has 3 aromatic rings. The molecule has 2 atom stereocenters. The number of aryl methyl sites for hydroxylation is 1. The average molecular weight is 589 g/mol. The molecule has 43 heavy (non-hydrogen) atoms. The van der Waals surface area contributed by atoms with E-state index in [9.17, 15) is 24.4 Å². The van der Waals surface area contributed by atoms with Gasteiger partial charge in [0, 0.05) is 12.8 Å². The van der Waals surface area contributed by atoms with Crippen molar-refractivity contribution in [3.8, 4) is 11.5 Å². The zero-order valence-electron chi connectivity index (χ0n) is 24.7. The Hall–Kier alpha value is -4.09. The third kappa shape index (κ3) is 9.72. The van der Waals surface area contributed by atoms with Gasteiger partial charge in [0.15, 0.2) is 5.78 Å². The van der Waals surface area contributed by atoms with E-state index < -0.39 is 30.9 Å². The highest BCUT2D eigenvalue weighted by Crippen LogP contribution is 2.18. The van der Waals surface area contributed by atoms with Crippen LogP contribution in [0.1, 0.15) is 71.6 Å². The fourth-order valence-electron chi connectivity index (χ4n) is 4.87. The second-order valence-corrected chi connectivity index (χ2v) is 11.3. The number of H-pyrrole nitrogens is 1. The van der Waals surface area contributed by atoms with E-state index >= 15 is 0 Å². The molecule has 0 fully saturated rings. The molecule has 0 spiro atoms. The van der Waals surface area contributed by atoms with Crippen LogP contribution in [0.5, 0.6) is 11.5 Å². The fraction of sp³-hybridized carbons (Fsp3) is 0.406. The summed E-state index contributed by atoms with van der Waals surface area (Å²) in [6.45, 7) is 4.91.